The Bertz CT molecular complexity index is 268. The molecule has 0 saturated carbocycles. The lowest BCUT2D eigenvalue weighted by atomic mass is 10.2. The Morgan fingerprint density at radius 2 is 2.38 bits per heavy atom. The van der Waals surface area contributed by atoms with Crippen molar-refractivity contribution in [3.8, 4) is 0 Å². The minimum absolute atomic E-state index is 0.127. The number of nitrogens with zero attached hydrogens (tertiary/aromatic N) is 1. The van der Waals surface area contributed by atoms with Gasteiger partial charge in [-0.25, -0.2) is 4.79 Å². The molecule has 0 aromatic rings. The summed E-state index contributed by atoms with van der Waals surface area (Å²) in [5, 5.41) is 2.66. The van der Waals surface area contributed by atoms with Crippen molar-refractivity contribution in [2.75, 3.05) is 26.2 Å². The standard InChI is InChI=1S/C10H19N3O3/c1-7(2)5-13-8(6-16-10(13)15)9(14)12-4-3-11/h7-8H,3-6,11H2,1-2H3,(H,12,14)/t8-/m0/s1. The summed E-state index contributed by atoms with van der Waals surface area (Å²) >= 11 is 0. The Morgan fingerprint density at radius 1 is 1.69 bits per heavy atom. The summed E-state index contributed by atoms with van der Waals surface area (Å²) in [7, 11) is 0. The van der Waals surface area contributed by atoms with Crippen LogP contribution < -0.4 is 11.1 Å². The maximum absolute atomic E-state index is 11.7. The summed E-state index contributed by atoms with van der Waals surface area (Å²) in [6, 6.07) is -0.513. The Morgan fingerprint density at radius 3 is 2.94 bits per heavy atom. The number of hydrogen-bond donors (Lipinski definition) is 2. The Labute approximate surface area is 95.1 Å². The summed E-state index contributed by atoms with van der Waals surface area (Å²) in [6.45, 7) is 5.43. The average Bonchev–Trinajstić information content (AvgIpc) is 2.56. The fraction of sp³-hybridized carbons (Fsp3) is 0.800. The van der Waals surface area contributed by atoms with Gasteiger partial charge in [-0.15, -0.1) is 0 Å². The number of cyclic esters (lactones) is 1. The minimum Gasteiger partial charge on any atom is -0.447 e. The highest BCUT2D eigenvalue weighted by Crippen LogP contribution is 2.14. The molecule has 92 valence electrons. The van der Waals surface area contributed by atoms with Gasteiger partial charge in [-0.3, -0.25) is 9.69 Å². The molecule has 6 heteroatoms. The van der Waals surface area contributed by atoms with Crippen LogP contribution in [0.15, 0.2) is 0 Å². The van der Waals surface area contributed by atoms with E-state index >= 15 is 0 Å². The molecule has 6 nitrogen and oxygen atoms in total. The summed E-state index contributed by atoms with van der Waals surface area (Å²) in [4.78, 5) is 24.6. The van der Waals surface area contributed by atoms with Crippen LogP contribution in [0.5, 0.6) is 0 Å². The molecule has 0 bridgehead atoms. The maximum Gasteiger partial charge on any atom is 0.410 e. The molecular weight excluding hydrogens is 210 g/mol. The van der Waals surface area contributed by atoms with E-state index in [1.54, 1.807) is 0 Å². The molecule has 16 heavy (non-hydrogen) atoms. The number of nitrogens with two attached hydrogens (primary N) is 1. The van der Waals surface area contributed by atoms with Crippen molar-refractivity contribution in [2.24, 2.45) is 11.7 Å². The monoisotopic (exact) mass is 229 g/mol. The van der Waals surface area contributed by atoms with Gasteiger partial charge in [0.1, 0.15) is 12.6 Å². The number of carbonyl (C=O) groups is 2. The molecule has 0 aromatic heterocycles. The van der Waals surface area contributed by atoms with Crippen molar-refractivity contribution < 1.29 is 14.3 Å². The highest BCUT2D eigenvalue weighted by atomic mass is 16.6. The highest BCUT2D eigenvalue weighted by molar-refractivity contribution is 5.87. The van der Waals surface area contributed by atoms with Crippen LogP contribution in [0.3, 0.4) is 0 Å². The number of amides is 2. The van der Waals surface area contributed by atoms with Gasteiger partial charge in [-0.1, -0.05) is 13.8 Å². The molecule has 1 rings (SSSR count). The zero-order valence-corrected chi connectivity index (χ0v) is 9.73. The second kappa shape index (κ2) is 5.69. The summed E-state index contributed by atoms with van der Waals surface area (Å²) in [6.07, 6.45) is -0.415. The topological polar surface area (TPSA) is 84.7 Å². The van der Waals surface area contributed by atoms with Gasteiger partial charge in [0.2, 0.25) is 5.91 Å². The second-order valence-corrected chi connectivity index (χ2v) is 4.22. The molecule has 0 radical (unpaired) electrons. The molecule has 1 aliphatic heterocycles. The number of nitrogens with one attached hydrogen (secondary N) is 1. The SMILES string of the molecule is CC(C)CN1C(=O)OC[C@H]1C(=O)NCCN. The van der Waals surface area contributed by atoms with E-state index in [-0.39, 0.29) is 12.5 Å². The van der Waals surface area contributed by atoms with Crippen LogP contribution in [-0.2, 0) is 9.53 Å². The van der Waals surface area contributed by atoms with Gasteiger partial charge < -0.3 is 15.8 Å². The van der Waals surface area contributed by atoms with Crippen molar-refractivity contribution in [3.05, 3.63) is 0 Å². The lowest BCUT2D eigenvalue weighted by Crippen LogP contribution is -2.47. The normalized spacial score (nSPS) is 20.1. The third kappa shape index (κ3) is 3.10. The van der Waals surface area contributed by atoms with E-state index in [0.29, 0.717) is 25.6 Å². The first-order chi connectivity index (χ1) is 7.56. The largest absolute Gasteiger partial charge is 0.447 e. The number of ether oxygens (including phenoxy) is 1. The van der Waals surface area contributed by atoms with E-state index in [2.05, 4.69) is 5.32 Å². The molecule has 0 aromatic carbocycles. The van der Waals surface area contributed by atoms with Gasteiger partial charge in [0.15, 0.2) is 0 Å². The van der Waals surface area contributed by atoms with Crippen LogP contribution in [0.25, 0.3) is 0 Å². The van der Waals surface area contributed by atoms with Crippen LogP contribution in [0.2, 0.25) is 0 Å². The molecule has 3 N–H and O–H groups in total. The van der Waals surface area contributed by atoms with Gasteiger partial charge in [-0.2, -0.15) is 0 Å². The van der Waals surface area contributed by atoms with Crippen molar-refractivity contribution in [2.45, 2.75) is 19.9 Å². The molecule has 0 spiro atoms. The predicted molar refractivity (Wildman–Crippen MR) is 58.7 cm³/mol. The smallest absolute Gasteiger partial charge is 0.410 e. The van der Waals surface area contributed by atoms with Gasteiger partial charge in [-0.05, 0) is 5.92 Å². The minimum atomic E-state index is -0.513. The zero-order chi connectivity index (χ0) is 12.1. The van der Waals surface area contributed by atoms with Crippen LogP contribution in [0, 0.1) is 5.92 Å². The summed E-state index contributed by atoms with van der Waals surface area (Å²) < 4.78 is 4.87. The third-order valence-corrected chi connectivity index (χ3v) is 2.28. The van der Waals surface area contributed by atoms with Crippen LogP contribution in [0.4, 0.5) is 4.79 Å². The second-order valence-electron chi connectivity index (χ2n) is 4.22. The highest BCUT2D eigenvalue weighted by Gasteiger charge is 2.37. The van der Waals surface area contributed by atoms with Crippen molar-refractivity contribution in [1.29, 1.82) is 0 Å². The Balaban J connectivity index is 2.57. The van der Waals surface area contributed by atoms with Crippen LogP contribution in [0.1, 0.15) is 13.8 Å². The summed E-state index contributed by atoms with van der Waals surface area (Å²) in [5.74, 6) is 0.104. The lowest BCUT2D eigenvalue weighted by Gasteiger charge is -2.22. The van der Waals surface area contributed by atoms with Crippen LogP contribution >= 0.6 is 0 Å². The fourth-order valence-electron chi connectivity index (χ4n) is 1.58. The van der Waals surface area contributed by atoms with Crippen molar-refractivity contribution >= 4 is 12.0 Å². The Hall–Kier alpha value is -1.30. The number of carbonyl (C=O) groups excluding carboxylic acids is 2. The molecule has 1 heterocycles. The molecule has 1 atom stereocenters. The van der Waals surface area contributed by atoms with E-state index in [9.17, 15) is 9.59 Å². The third-order valence-electron chi connectivity index (χ3n) is 2.28. The molecule has 1 saturated heterocycles. The average molecular weight is 229 g/mol. The molecule has 0 aliphatic carbocycles. The quantitative estimate of drug-likeness (QED) is 0.668. The van der Waals surface area contributed by atoms with Crippen LogP contribution in [-0.4, -0.2) is 49.2 Å². The molecule has 1 aliphatic rings. The van der Waals surface area contributed by atoms with E-state index in [4.69, 9.17) is 10.5 Å². The van der Waals surface area contributed by atoms with Gasteiger partial charge in [0.05, 0.1) is 0 Å². The zero-order valence-electron chi connectivity index (χ0n) is 9.73. The summed E-state index contributed by atoms with van der Waals surface area (Å²) in [5.41, 5.74) is 5.29. The molecular formula is C10H19N3O3. The van der Waals surface area contributed by atoms with E-state index in [0.717, 1.165) is 0 Å². The van der Waals surface area contributed by atoms with E-state index in [1.165, 1.54) is 4.90 Å². The maximum atomic E-state index is 11.7. The van der Waals surface area contributed by atoms with Crippen molar-refractivity contribution in [1.82, 2.24) is 10.2 Å². The predicted octanol–water partition coefficient (Wildman–Crippen LogP) is -0.462. The first kappa shape index (κ1) is 12.8. The number of rotatable bonds is 5. The first-order valence-electron chi connectivity index (χ1n) is 5.47. The molecule has 0 unspecified atom stereocenters. The van der Waals surface area contributed by atoms with Gasteiger partial charge in [0.25, 0.3) is 0 Å². The van der Waals surface area contributed by atoms with E-state index in [1.807, 2.05) is 13.8 Å². The van der Waals surface area contributed by atoms with Gasteiger partial charge in [0, 0.05) is 19.6 Å². The first-order valence-corrected chi connectivity index (χ1v) is 5.47. The van der Waals surface area contributed by atoms with E-state index < -0.39 is 12.1 Å². The lowest BCUT2D eigenvalue weighted by molar-refractivity contribution is -0.124. The Kier molecular flexibility index (Phi) is 4.54. The van der Waals surface area contributed by atoms with Gasteiger partial charge >= 0.3 is 6.09 Å². The number of hydrogen-bond acceptors (Lipinski definition) is 4. The van der Waals surface area contributed by atoms with Crippen molar-refractivity contribution in [3.63, 3.8) is 0 Å². The molecule has 1 fully saturated rings. The molecule has 2 amide bonds. The fourth-order valence-corrected chi connectivity index (χ4v) is 1.58.